The molecule has 0 saturated carbocycles. The Morgan fingerprint density at radius 3 is 2.33 bits per heavy atom. The standard InChI is InChI=1S/C36H43N7O4S/c1-23-10-8-11-24(2)32(23)29-15-31-40-34(39-29)41-48(45,46)28-13-9-12-25(14-28)33(44)43(27(20-47-31)16-35(3,4)5)19-26-17-38-30(18-37-26)42-21-36(6,7)22-42/h8-15,17-18,27H,16,19-22H2,1-7H3,(H,39,40,41)/t27-/m1/s1. The van der Waals surface area contributed by atoms with Gasteiger partial charge in [-0.2, -0.15) is 4.98 Å². The molecule has 1 atom stereocenters. The molecule has 6 rings (SSSR count). The van der Waals surface area contributed by atoms with Gasteiger partial charge in [-0.15, -0.1) is 0 Å². The van der Waals surface area contributed by atoms with E-state index in [0.717, 1.165) is 35.6 Å². The second kappa shape index (κ2) is 12.5. The lowest BCUT2D eigenvalue weighted by Crippen LogP contribution is -2.53. The number of ether oxygens (including phenoxy) is 1. The van der Waals surface area contributed by atoms with Gasteiger partial charge in [0.25, 0.3) is 15.9 Å². The van der Waals surface area contributed by atoms with Crippen LogP contribution in [0.3, 0.4) is 0 Å². The van der Waals surface area contributed by atoms with E-state index in [9.17, 15) is 13.2 Å². The Morgan fingerprint density at radius 1 is 0.979 bits per heavy atom. The van der Waals surface area contributed by atoms with E-state index in [1.807, 2.05) is 32.0 Å². The summed E-state index contributed by atoms with van der Waals surface area (Å²) < 4.78 is 36.2. The number of sulfonamides is 1. The highest BCUT2D eigenvalue weighted by Gasteiger charge is 2.35. The van der Waals surface area contributed by atoms with Crippen LogP contribution in [0.15, 0.2) is 65.8 Å². The van der Waals surface area contributed by atoms with Crippen LogP contribution in [0.25, 0.3) is 11.3 Å². The van der Waals surface area contributed by atoms with Gasteiger partial charge in [-0.3, -0.25) is 9.78 Å². The molecule has 4 bridgehead atoms. The quantitative estimate of drug-likeness (QED) is 0.270. The Bertz CT molecular complexity index is 1930. The van der Waals surface area contributed by atoms with E-state index in [4.69, 9.17) is 9.72 Å². The van der Waals surface area contributed by atoms with E-state index < -0.39 is 16.1 Å². The van der Waals surface area contributed by atoms with Crippen LogP contribution in [0.2, 0.25) is 0 Å². The van der Waals surface area contributed by atoms with Crippen LogP contribution < -0.4 is 14.4 Å². The molecule has 252 valence electrons. The van der Waals surface area contributed by atoms with Gasteiger partial charge in [-0.1, -0.05) is 58.9 Å². The molecular formula is C36H43N7O4S. The number of anilines is 2. The average molecular weight is 670 g/mol. The summed E-state index contributed by atoms with van der Waals surface area (Å²) in [5, 5.41) is 0. The summed E-state index contributed by atoms with van der Waals surface area (Å²) in [4.78, 5) is 36.7. The van der Waals surface area contributed by atoms with Crippen molar-refractivity contribution in [3.05, 3.63) is 83.3 Å². The molecule has 11 nitrogen and oxygen atoms in total. The van der Waals surface area contributed by atoms with Gasteiger partial charge in [-0.05, 0) is 60.4 Å². The molecule has 2 aliphatic heterocycles. The third-order valence-corrected chi connectivity index (χ3v) is 9.94. The van der Waals surface area contributed by atoms with Gasteiger partial charge in [-0.25, -0.2) is 23.1 Å². The number of aromatic nitrogens is 4. The molecule has 4 aromatic rings. The Labute approximate surface area is 282 Å². The zero-order chi connectivity index (χ0) is 34.4. The number of benzene rings is 2. The van der Waals surface area contributed by atoms with E-state index in [1.54, 1.807) is 35.5 Å². The Hall–Kier alpha value is -4.58. The molecule has 1 N–H and O–H groups in total. The van der Waals surface area contributed by atoms with Crippen molar-refractivity contribution in [2.45, 2.75) is 72.4 Å². The zero-order valence-electron chi connectivity index (χ0n) is 28.6. The fourth-order valence-electron chi connectivity index (χ4n) is 6.46. The molecule has 1 amide bonds. The van der Waals surface area contributed by atoms with Crippen LogP contribution in [0.4, 0.5) is 11.8 Å². The van der Waals surface area contributed by atoms with Crippen LogP contribution in [0.1, 0.15) is 68.2 Å². The normalized spacial score (nSPS) is 18.8. The molecule has 0 radical (unpaired) electrons. The number of carbonyl (C=O) groups excluding carboxylic acids is 1. The van der Waals surface area contributed by atoms with Gasteiger partial charge >= 0.3 is 0 Å². The van der Waals surface area contributed by atoms with Gasteiger partial charge < -0.3 is 14.5 Å². The maximum atomic E-state index is 14.4. The highest BCUT2D eigenvalue weighted by atomic mass is 32.2. The SMILES string of the molecule is Cc1cccc(C)c1-c1cc2nc(n1)NS(=O)(=O)c1cccc(c1)C(=O)N(Cc1cnc(N3CC(C)(C)C3)cn1)[C@H](CC(C)(C)C)CO2. The number of carbonyl (C=O) groups is 1. The minimum Gasteiger partial charge on any atom is -0.475 e. The van der Waals surface area contributed by atoms with Crippen molar-refractivity contribution < 1.29 is 17.9 Å². The first-order chi connectivity index (χ1) is 22.6. The predicted molar refractivity (Wildman–Crippen MR) is 185 cm³/mol. The van der Waals surface area contributed by atoms with Gasteiger partial charge in [0.2, 0.25) is 11.8 Å². The Balaban J connectivity index is 1.43. The lowest BCUT2D eigenvalue weighted by atomic mass is 9.84. The van der Waals surface area contributed by atoms with Crippen molar-refractivity contribution in [2.24, 2.45) is 10.8 Å². The molecule has 4 heterocycles. The lowest BCUT2D eigenvalue weighted by molar-refractivity contribution is 0.0509. The third kappa shape index (κ3) is 7.28. The zero-order valence-corrected chi connectivity index (χ0v) is 29.4. The number of nitrogens with one attached hydrogen (secondary N) is 1. The van der Waals surface area contributed by atoms with E-state index in [-0.39, 0.29) is 52.2 Å². The lowest BCUT2D eigenvalue weighted by Gasteiger charge is -2.46. The molecular weight excluding hydrogens is 627 g/mol. The van der Waals surface area contributed by atoms with E-state index in [0.29, 0.717) is 17.8 Å². The van der Waals surface area contributed by atoms with Gasteiger partial charge in [0.05, 0.1) is 41.3 Å². The fourth-order valence-corrected chi connectivity index (χ4v) is 7.45. The smallest absolute Gasteiger partial charge is 0.264 e. The highest BCUT2D eigenvalue weighted by molar-refractivity contribution is 7.92. The van der Waals surface area contributed by atoms with Crippen molar-refractivity contribution in [1.82, 2.24) is 24.8 Å². The first-order valence-electron chi connectivity index (χ1n) is 16.2. The molecule has 48 heavy (non-hydrogen) atoms. The third-order valence-electron chi connectivity index (χ3n) is 8.62. The molecule has 0 spiro atoms. The van der Waals surface area contributed by atoms with Crippen LogP contribution >= 0.6 is 0 Å². The fraction of sp³-hybridized carbons (Fsp3) is 0.417. The van der Waals surface area contributed by atoms with E-state index >= 15 is 0 Å². The van der Waals surface area contributed by atoms with Crippen LogP contribution in [-0.2, 0) is 16.6 Å². The number of hydrogen-bond donors (Lipinski definition) is 1. The second-order valence-corrected chi connectivity index (χ2v) is 16.5. The van der Waals surface area contributed by atoms with E-state index in [1.165, 1.54) is 12.1 Å². The molecule has 2 aromatic heterocycles. The van der Waals surface area contributed by atoms with Crippen molar-refractivity contribution in [3.8, 4) is 17.1 Å². The van der Waals surface area contributed by atoms with Crippen molar-refractivity contribution >= 4 is 27.7 Å². The molecule has 0 unspecified atom stereocenters. The summed E-state index contributed by atoms with van der Waals surface area (Å²) in [7, 11) is -4.17. The molecule has 2 aliphatic rings. The maximum Gasteiger partial charge on any atom is 0.264 e. The summed E-state index contributed by atoms with van der Waals surface area (Å²) in [6.07, 6.45) is 4.05. The van der Waals surface area contributed by atoms with Crippen LogP contribution in [0.5, 0.6) is 5.88 Å². The summed E-state index contributed by atoms with van der Waals surface area (Å²) >= 11 is 0. The predicted octanol–water partition coefficient (Wildman–Crippen LogP) is 6.04. The van der Waals surface area contributed by atoms with Gasteiger partial charge in [0, 0.05) is 30.3 Å². The van der Waals surface area contributed by atoms with Crippen LogP contribution in [0, 0.1) is 24.7 Å². The number of amides is 1. The largest absolute Gasteiger partial charge is 0.475 e. The first kappa shape index (κ1) is 33.3. The first-order valence-corrected chi connectivity index (χ1v) is 17.6. The molecule has 2 aromatic carbocycles. The topological polar surface area (TPSA) is 131 Å². The number of nitrogens with zero attached hydrogens (tertiary/aromatic N) is 6. The second-order valence-electron chi connectivity index (χ2n) is 14.9. The number of rotatable bonds is 5. The maximum absolute atomic E-state index is 14.4. The van der Waals surface area contributed by atoms with Crippen molar-refractivity contribution in [1.29, 1.82) is 0 Å². The minimum atomic E-state index is -4.17. The van der Waals surface area contributed by atoms with Crippen molar-refractivity contribution in [3.63, 3.8) is 0 Å². The summed E-state index contributed by atoms with van der Waals surface area (Å²) in [5.74, 6) is 0.535. The Morgan fingerprint density at radius 2 is 1.69 bits per heavy atom. The van der Waals surface area contributed by atoms with Gasteiger partial charge in [0.15, 0.2) is 0 Å². The summed E-state index contributed by atoms with van der Waals surface area (Å²) in [6, 6.07) is 13.2. The van der Waals surface area contributed by atoms with Crippen molar-refractivity contribution in [2.75, 3.05) is 29.3 Å². The molecule has 1 fully saturated rings. The summed E-state index contributed by atoms with van der Waals surface area (Å²) in [6.45, 7) is 16.8. The van der Waals surface area contributed by atoms with Gasteiger partial charge in [0.1, 0.15) is 12.4 Å². The molecule has 1 saturated heterocycles. The number of hydrogen-bond acceptors (Lipinski definition) is 9. The number of aryl methyl sites for hydroxylation is 2. The molecule has 12 heteroatoms. The highest BCUT2D eigenvalue weighted by Crippen LogP contribution is 2.33. The average Bonchev–Trinajstić information content (AvgIpc) is 3.00. The summed E-state index contributed by atoms with van der Waals surface area (Å²) in [5.41, 5.74) is 4.24. The van der Waals surface area contributed by atoms with E-state index in [2.05, 4.69) is 59.2 Å². The minimum absolute atomic E-state index is 0.0786. The Kier molecular flexibility index (Phi) is 8.65. The number of fused-ring (bicyclic) bond motifs is 4. The van der Waals surface area contributed by atoms with Crippen LogP contribution in [-0.4, -0.2) is 64.9 Å². The molecule has 0 aliphatic carbocycles. The monoisotopic (exact) mass is 669 g/mol.